The molecule has 156 valence electrons. The molecule has 2 aromatic carbocycles. The van der Waals surface area contributed by atoms with E-state index < -0.39 is 27.4 Å². The summed E-state index contributed by atoms with van der Waals surface area (Å²) in [7, 11) is -3.37. The molecule has 0 unspecified atom stereocenters. The first kappa shape index (κ1) is 21.4. The molecule has 3 aromatic rings. The first-order valence-electron chi connectivity index (χ1n) is 9.13. The summed E-state index contributed by atoms with van der Waals surface area (Å²) in [6.07, 6.45) is 1.11. The van der Waals surface area contributed by atoms with Gasteiger partial charge in [0.1, 0.15) is 5.82 Å². The second-order valence-corrected chi connectivity index (χ2v) is 8.70. The molecule has 30 heavy (non-hydrogen) atoms. The van der Waals surface area contributed by atoms with Crippen LogP contribution in [0.5, 0.6) is 0 Å². The molecule has 0 N–H and O–H groups in total. The average Bonchev–Trinajstić information content (AvgIpc) is 3.05. The maximum absolute atomic E-state index is 13.4. The number of benzene rings is 2. The number of ketones is 1. The molecule has 0 saturated carbocycles. The third-order valence-electron chi connectivity index (χ3n) is 4.62. The summed E-state index contributed by atoms with van der Waals surface area (Å²) in [5.41, 5.74) is 2.38. The number of aromatic nitrogens is 1. The van der Waals surface area contributed by atoms with Crippen molar-refractivity contribution < 1.29 is 27.1 Å². The van der Waals surface area contributed by atoms with Gasteiger partial charge in [-0.3, -0.25) is 4.79 Å². The van der Waals surface area contributed by atoms with Gasteiger partial charge in [-0.2, -0.15) is 0 Å². The number of carbonyl (C=O) groups is 2. The van der Waals surface area contributed by atoms with E-state index in [1.165, 1.54) is 24.3 Å². The van der Waals surface area contributed by atoms with Crippen LogP contribution in [0.1, 0.15) is 23.0 Å². The Bertz CT molecular complexity index is 1210. The maximum Gasteiger partial charge on any atom is 0.379 e. The lowest BCUT2D eigenvalue weighted by Gasteiger charge is -2.13. The van der Waals surface area contributed by atoms with Crippen molar-refractivity contribution in [3.63, 3.8) is 0 Å². The quantitative estimate of drug-likeness (QED) is 0.339. The van der Waals surface area contributed by atoms with Gasteiger partial charge in [0.25, 0.3) is 5.78 Å². The van der Waals surface area contributed by atoms with Crippen LogP contribution in [0.3, 0.4) is 0 Å². The van der Waals surface area contributed by atoms with Crippen molar-refractivity contribution in [2.24, 2.45) is 0 Å². The van der Waals surface area contributed by atoms with Gasteiger partial charge in [-0.15, -0.1) is 0 Å². The van der Waals surface area contributed by atoms with E-state index in [2.05, 4.69) is 0 Å². The molecule has 0 saturated heterocycles. The molecule has 0 radical (unpaired) electrons. The van der Waals surface area contributed by atoms with E-state index in [4.69, 9.17) is 4.74 Å². The molecule has 3 rings (SSSR count). The van der Waals surface area contributed by atoms with Crippen molar-refractivity contribution in [1.29, 1.82) is 0 Å². The van der Waals surface area contributed by atoms with E-state index in [9.17, 15) is 22.4 Å². The number of Topliss-reactive ketones (excluding diaryl/α,β-unsaturated/α-hetero) is 1. The smallest absolute Gasteiger partial charge is 0.379 e. The Morgan fingerprint density at radius 1 is 1.03 bits per heavy atom. The van der Waals surface area contributed by atoms with Crippen molar-refractivity contribution in [3.05, 3.63) is 71.7 Å². The minimum atomic E-state index is -3.37. The Morgan fingerprint density at radius 3 is 2.17 bits per heavy atom. The first-order valence-corrected chi connectivity index (χ1v) is 11.0. The number of ether oxygens (including phenoxy) is 1. The van der Waals surface area contributed by atoms with Crippen LogP contribution in [0.2, 0.25) is 0 Å². The Hall–Kier alpha value is -3.26. The third-order valence-corrected chi connectivity index (χ3v) is 5.74. The summed E-state index contributed by atoms with van der Waals surface area (Å²) >= 11 is 0. The van der Waals surface area contributed by atoms with Gasteiger partial charge in [0.05, 0.1) is 22.8 Å². The number of rotatable bonds is 6. The van der Waals surface area contributed by atoms with Gasteiger partial charge in [-0.25, -0.2) is 17.6 Å². The summed E-state index contributed by atoms with van der Waals surface area (Å²) < 4.78 is 43.5. The van der Waals surface area contributed by atoms with E-state index in [-0.39, 0.29) is 17.1 Å². The monoisotopic (exact) mass is 429 g/mol. The molecular weight excluding hydrogens is 409 g/mol. The number of hydrogen-bond acceptors (Lipinski definition) is 5. The summed E-state index contributed by atoms with van der Waals surface area (Å²) in [6.45, 7) is 3.35. The van der Waals surface area contributed by atoms with Crippen LogP contribution in [0.25, 0.3) is 16.9 Å². The van der Waals surface area contributed by atoms with E-state index >= 15 is 0 Å². The molecule has 0 bridgehead atoms. The zero-order valence-electron chi connectivity index (χ0n) is 16.7. The van der Waals surface area contributed by atoms with Crippen molar-refractivity contribution in [2.75, 3.05) is 12.9 Å². The topological polar surface area (TPSA) is 82.4 Å². The zero-order chi connectivity index (χ0) is 22.1. The van der Waals surface area contributed by atoms with Gasteiger partial charge in [0, 0.05) is 17.6 Å². The largest absolute Gasteiger partial charge is 0.460 e. The zero-order valence-corrected chi connectivity index (χ0v) is 17.5. The van der Waals surface area contributed by atoms with Gasteiger partial charge in [0.15, 0.2) is 9.84 Å². The predicted octanol–water partition coefficient (Wildman–Crippen LogP) is 3.74. The summed E-state index contributed by atoms with van der Waals surface area (Å²) in [5, 5.41) is 0. The maximum atomic E-state index is 13.4. The molecule has 8 heteroatoms. The lowest BCUT2D eigenvalue weighted by atomic mass is 10.1. The van der Waals surface area contributed by atoms with E-state index in [0.717, 1.165) is 6.26 Å². The second kappa shape index (κ2) is 8.23. The Morgan fingerprint density at radius 2 is 1.63 bits per heavy atom. The number of hydrogen-bond donors (Lipinski definition) is 0. The van der Waals surface area contributed by atoms with Crippen molar-refractivity contribution >= 4 is 21.6 Å². The van der Waals surface area contributed by atoms with Crippen LogP contribution in [-0.4, -0.2) is 37.6 Å². The number of halogens is 1. The second-order valence-electron chi connectivity index (χ2n) is 6.69. The highest BCUT2D eigenvalue weighted by molar-refractivity contribution is 7.90. The highest BCUT2D eigenvalue weighted by Gasteiger charge is 2.25. The predicted molar refractivity (Wildman–Crippen MR) is 110 cm³/mol. The van der Waals surface area contributed by atoms with Gasteiger partial charge in [0.2, 0.25) is 0 Å². The number of nitrogens with zero attached hydrogens (tertiary/aromatic N) is 1. The Labute approximate surface area is 173 Å². The van der Waals surface area contributed by atoms with Gasteiger partial charge in [-0.1, -0.05) is 12.1 Å². The lowest BCUT2D eigenvalue weighted by molar-refractivity contribution is -0.137. The molecule has 0 aliphatic heterocycles. The van der Waals surface area contributed by atoms with Crippen molar-refractivity contribution in [1.82, 2.24) is 4.57 Å². The van der Waals surface area contributed by atoms with E-state index in [0.29, 0.717) is 22.6 Å². The van der Waals surface area contributed by atoms with Crippen LogP contribution >= 0.6 is 0 Å². The number of esters is 1. The van der Waals surface area contributed by atoms with E-state index in [1.807, 2.05) is 0 Å². The fourth-order valence-corrected chi connectivity index (χ4v) is 3.78. The minimum absolute atomic E-state index is 0.0715. The molecule has 0 fully saturated rings. The fraction of sp³-hybridized carbons (Fsp3) is 0.182. The molecule has 0 amide bonds. The van der Waals surface area contributed by atoms with E-state index in [1.54, 1.807) is 48.7 Å². The fourth-order valence-electron chi connectivity index (χ4n) is 3.15. The normalized spacial score (nSPS) is 11.3. The standard InChI is InChI=1S/C22H20FNO5S/c1-4-29-22(26)21(25)19-13-20(15-5-11-18(12-6-15)30(3,27)28)24(14(19)2)17-9-7-16(23)8-10-17/h5-13H,4H2,1-3H3. The Balaban J connectivity index is 2.20. The Kier molecular flexibility index (Phi) is 5.89. The average molecular weight is 429 g/mol. The van der Waals surface area contributed by atoms with Crippen LogP contribution < -0.4 is 0 Å². The van der Waals surface area contributed by atoms with Crippen LogP contribution in [0.15, 0.2) is 59.5 Å². The molecule has 0 spiro atoms. The third kappa shape index (κ3) is 4.18. The SMILES string of the molecule is CCOC(=O)C(=O)c1cc(-c2ccc(S(C)(=O)=O)cc2)n(-c2ccc(F)cc2)c1C. The lowest BCUT2D eigenvalue weighted by Crippen LogP contribution is -2.18. The van der Waals surface area contributed by atoms with Crippen molar-refractivity contribution in [2.45, 2.75) is 18.7 Å². The molecule has 1 aromatic heterocycles. The van der Waals surface area contributed by atoms with Gasteiger partial charge >= 0.3 is 5.97 Å². The van der Waals surface area contributed by atoms with Crippen LogP contribution in [0, 0.1) is 12.7 Å². The summed E-state index contributed by atoms with van der Waals surface area (Å²) in [4.78, 5) is 24.7. The highest BCUT2D eigenvalue weighted by Crippen LogP contribution is 2.31. The minimum Gasteiger partial charge on any atom is -0.460 e. The molecule has 0 atom stereocenters. The molecular formula is C22H20FNO5S. The summed E-state index contributed by atoms with van der Waals surface area (Å²) in [6, 6.07) is 13.4. The highest BCUT2D eigenvalue weighted by atomic mass is 32.2. The number of sulfone groups is 1. The van der Waals surface area contributed by atoms with Crippen LogP contribution in [0.4, 0.5) is 4.39 Å². The van der Waals surface area contributed by atoms with Crippen LogP contribution in [-0.2, 0) is 19.4 Å². The van der Waals surface area contributed by atoms with Crippen molar-refractivity contribution in [3.8, 4) is 16.9 Å². The molecule has 0 aliphatic rings. The number of carbonyl (C=O) groups excluding carboxylic acids is 2. The summed E-state index contributed by atoms with van der Waals surface area (Å²) in [5.74, 6) is -2.16. The molecule has 6 nitrogen and oxygen atoms in total. The van der Waals surface area contributed by atoms with Gasteiger partial charge in [-0.05, 0) is 61.9 Å². The molecule has 0 aliphatic carbocycles. The first-order chi connectivity index (χ1) is 14.1. The molecule has 1 heterocycles. The van der Waals surface area contributed by atoms with Gasteiger partial charge < -0.3 is 9.30 Å².